The summed E-state index contributed by atoms with van der Waals surface area (Å²) in [5.74, 6) is 0. The molecule has 1 aromatic rings. The average Bonchev–Trinajstić information content (AvgIpc) is 2.25. The molecule has 0 spiro atoms. The van der Waals surface area contributed by atoms with Crippen LogP contribution in [0, 0.1) is 0 Å². The summed E-state index contributed by atoms with van der Waals surface area (Å²) in [6.07, 6.45) is -0.434. The maximum absolute atomic E-state index is 11.1. The minimum absolute atomic E-state index is 0.375. The Kier molecular flexibility index (Phi) is 5.33. The van der Waals surface area contributed by atoms with Crippen molar-refractivity contribution in [3.05, 3.63) is 29.8 Å². The van der Waals surface area contributed by atoms with Gasteiger partial charge in [0.2, 0.25) is 0 Å². The summed E-state index contributed by atoms with van der Waals surface area (Å²) in [4.78, 5) is 39.6. The fourth-order valence-corrected chi connectivity index (χ4v) is 3.97. The van der Waals surface area contributed by atoms with Gasteiger partial charge in [-0.1, -0.05) is 12.1 Å². The van der Waals surface area contributed by atoms with Gasteiger partial charge >= 0.3 is 15.2 Å². The molecule has 0 unspecified atom stereocenters. The van der Waals surface area contributed by atoms with Gasteiger partial charge in [0.25, 0.3) is 0 Å². The summed E-state index contributed by atoms with van der Waals surface area (Å²) in [7, 11) is -9.81. The molecule has 0 saturated carbocycles. The summed E-state index contributed by atoms with van der Waals surface area (Å²) in [5, 5.41) is 0.110. The second-order valence-electron chi connectivity index (χ2n) is 3.73. The van der Waals surface area contributed by atoms with Crippen molar-refractivity contribution >= 4 is 38.3 Å². The zero-order valence-electron chi connectivity index (χ0n) is 9.45. The molecule has 0 radical (unpaired) electrons. The van der Waals surface area contributed by atoms with Crippen molar-refractivity contribution in [2.45, 2.75) is 11.8 Å². The molecular formula is C9H11NO6P2S. The van der Waals surface area contributed by atoms with Gasteiger partial charge in [0, 0.05) is 0 Å². The molecular weight excluding hydrogens is 312 g/mol. The highest BCUT2D eigenvalue weighted by Gasteiger charge is 2.43. The molecule has 0 aliphatic rings. The van der Waals surface area contributed by atoms with E-state index < -0.39 is 27.0 Å². The fourth-order valence-electron chi connectivity index (χ4n) is 1.40. The monoisotopic (exact) mass is 323 g/mol. The molecule has 7 nitrogen and oxygen atoms in total. The zero-order chi connectivity index (χ0) is 14.7. The molecule has 0 aliphatic heterocycles. The lowest BCUT2D eigenvalue weighted by Crippen LogP contribution is -2.12. The third-order valence-corrected chi connectivity index (χ3v) is 6.12. The van der Waals surface area contributed by atoms with E-state index in [-0.39, 0.29) is 0 Å². The predicted octanol–water partition coefficient (Wildman–Crippen LogP) is 1.64. The molecule has 4 N–H and O–H groups in total. The molecule has 0 saturated heterocycles. The van der Waals surface area contributed by atoms with Crippen LogP contribution in [-0.2, 0) is 15.6 Å². The molecule has 0 atom stereocenters. The third-order valence-electron chi connectivity index (χ3n) is 2.31. The van der Waals surface area contributed by atoms with Crippen molar-refractivity contribution < 1.29 is 28.7 Å². The van der Waals surface area contributed by atoms with Gasteiger partial charge in [0.05, 0.1) is 10.8 Å². The SMILES string of the molecule is O=P(O)(O)C(Cc1ccc(N=C=S)cc1)P(=O)(O)O. The maximum atomic E-state index is 11.1. The van der Waals surface area contributed by atoms with E-state index in [4.69, 9.17) is 19.6 Å². The lowest BCUT2D eigenvalue weighted by atomic mass is 10.1. The Morgan fingerprint density at radius 1 is 1.11 bits per heavy atom. The highest BCUT2D eigenvalue weighted by Crippen LogP contribution is 2.60. The van der Waals surface area contributed by atoms with Crippen molar-refractivity contribution in [1.82, 2.24) is 0 Å². The summed E-state index contributed by atoms with van der Waals surface area (Å²) < 4.78 is 22.2. The number of benzene rings is 1. The molecule has 0 heterocycles. The van der Waals surface area contributed by atoms with Crippen LogP contribution in [0.4, 0.5) is 5.69 Å². The number of hydrogen-bond donors (Lipinski definition) is 4. The minimum Gasteiger partial charge on any atom is -0.324 e. The lowest BCUT2D eigenvalue weighted by molar-refractivity contribution is 0.338. The Balaban J connectivity index is 3.01. The van der Waals surface area contributed by atoms with Crippen LogP contribution in [0.15, 0.2) is 29.3 Å². The van der Waals surface area contributed by atoms with Crippen LogP contribution in [0.5, 0.6) is 0 Å². The highest BCUT2D eigenvalue weighted by atomic mass is 32.1. The number of isothiocyanates is 1. The Morgan fingerprint density at radius 3 is 1.95 bits per heavy atom. The molecule has 19 heavy (non-hydrogen) atoms. The van der Waals surface area contributed by atoms with Crippen molar-refractivity contribution in [3.63, 3.8) is 0 Å². The quantitative estimate of drug-likeness (QED) is 0.368. The van der Waals surface area contributed by atoms with Gasteiger partial charge in [-0.3, -0.25) is 9.13 Å². The van der Waals surface area contributed by atoms with E-state index in [9.17, 15) is 9.13 Å². The van der Waals surface area contributed by atoms with Gasteiger partial charge in [-0.25, -0.2) is 0 Å². The smallest absolute Gasteiger partial charge is 0.324 e. The maximum Gasteiger partial charge on any atom is 0.341 e. The van der Waals surface area contributed by atoms with E-state index in [1.807, 2.05) is 0 Å². The number of rotatable bonds is 5. The third kappa shape index (κ3) is 5.07. The van der Waals surface area contributed by atoms with Crippen LogP contribution in [0.2, 0.25) is 0 Å². The van der Waals surface area contributed by atoms with E-state index in [0.717, 1.165) is 0 Å². The van der Waals surface area contributed by atoms with Crippen LogP contribution in [-0.4, -0.2) is 30.1 Å². The van der Waals surface area contributed by atoms with Gasteiger partial charge in [-0.05, 0) is 36.3 Å². The van der Waals surface area contributed by atoms with Gasteiger partial charge in [-0.2, -0.15) is 4.99 Å². The van der Waals surface area contributed by atoms with Crippen molar-refractivity contribution in [2.24, 2.45) is 4.99 Å². The van der Waals surface area contributed by atoms with Crippen LogP contribution >= 0.6 is 27.4 Å². The first-order valence-electron chi connectivity index (χ1n) is 4.92. The Bertz CT molecular complexity index is 563. The van der Waals surface area contributed by atoms with Gasteiger partial charge in [-0.15, -0.1) is 0 Å². The van der Waals surface area contributed by atoms with Crippen LogP contribution < -0.4 is 0 Å². The fraction of sp³-hybridized carbons (Fsp3) is 0.222. The summed E-state index contributed by atoms with van der Waals surface area (Å²) >= 11 is 4.41. The Labute approximate surface area is 114 Å². The van der Waals surface area contributed by atoms with Gasteiger partial charge in [0.1, 0.15) is 0 Å². The second-order valence-corrected chi connectivity index (χ2v) is 7.93. The first-order chi connectivity index (χ1) is 8.64. The Hall–Kier alpha value is -0.680. The highest BCUT2D eigenvalue weighted by molar-refractivity contribution is 7.78. The van der Waals surface area contributed by atoms with Gasteiger partial charge < -0.3 is 19.6 Å². The molecule has 0 aromatic heterocycles. The van der Waals surface area contributed by atoms with Crippen molar-refractivity contribution in [3.8, 4) is 0 Å². The van der Waals surface area contributed by atoms with Crippen LogP contribution in [0.25, 0.3) is 0 Å². The molecule has 104 valence electrons. The first kappa shape index (κ1) is 16.4. The summed E-state index contributed by atoms with van der Waals surface area (Å²) in [6, 6.07) is 5.93. The molecule has 0 aliphatic carbocycles. The number of nitrogens with zero attached hydrogens (tertiary/aromatic N) is 1. The van der Waals surface area contributed by atoms with E-state index >= 15 is 0 Å². The van der Waals surface area contributed by atoms with E-state index in [1.165, 1.54) is 24.3 Å². The molecule has 0 fully saturated rings. The standard InChI is InChI=1S/C9H11NO6P2S/c11-17(12,13)9(18(14,15)16)5-7-1-3-8(4-2-7)10-6-19/h1-4,9H,5H2,(H2,11,12,13)(H2,14,15,16). The lowest BCUT2D eigenvalue weighted by Gasteiger charge is -2.19. The van der Waals surface area contributed by atoms with Crippen LogP contribution in [0.1, 0.15) is 5.56 Å². The largest absolute Gasteiger partial charge is 0.341 e. The average molecular weight is 323 g/mol. The molecule has 0 amide bonds. The summed E-state index contributed by atoms with van der Waals surface area (Å²) in [6.45, 7) is 0. The van der Waals surface area contributed by atoms with E-state index in [2.05, 4.69) is 22.4 Å². The number of aliphatic imine (C=N–C) groups is 1. The molecule has 10 heteroatoms. The van der Waals surface area contributed by atoms with Crippen molar-refractivity contribution in [2.75, 3.05) is 0 Å². The Morgan fingerprint density at radius 2 is 1.58 bits per heavy atom. The summed E-state index contributed by atoms with van der Waals surface area (Å²) in [5.41, 5.74) is 0.864. The van der Waals surface area contributed by atoms with E-state index in [1.54, 1.807) is 0 Å². The van der Waals surface area contributed by atoms with E-state index in [0.29, 0.717) is 11.3 Å². The zero-order valence-corrected chi connectivity index (χ0v) is 12.1. The second kappa shape index (κ2) is 6.18. The normalized spacial score (nSPS) is 12.3. The van der Waals surface area contributed by atoms with Crippen molar-refractivity contribution in [1.29, 1.82) is 0 Å². The topological polar surface area (TPSA) is 127 Å². The predicted molar refractivity (Wildman–Crippen MR) is 72.7 cm³/mol. The molecule has 1 aromatic carbocycles. The number of hydrogen-bond acceptors (Lipinski definition) is 4. The first-order valence-corrected chi connectivity index (χ1v) is 8.69. The van der Waals surface area contributed by atoms with Crippen LogP contribution in [0.3, 0.4) is 0 Å². The minimum atomic E-state index is -4.90. The number of thiocarbonyl (C=S) groups is 1. The molecule has 1 rings (SSSR count). The molecule has 0 bridgehead atoms. The van der Waals surface area contributed by atoms with Gasteiger partial charge in [0.15, 0.2) is 5.40 Å².